The Kier molecular flexibility index (Phi) is 2.61. The molecular formula is C18H15NO. The molecule has 0 N–H and O–H groups in total. The van der Waals surface area contributed by atoms with Gasteiger partial charge in [-0.15, -0.1) is 0 Å². The van der Waals surface area contributed by atoms with E-state index in [9.17, 15) is 0 Å². The maximum atomic E-state index is 8.90. The van der Waals surface area contributed by atoms with E-state index in [-0.39, 0.29) is 0 Å². The molecule has 2 aliphatic carbocycles. The zero-order valence-electron chi connectivity index (χ0n) is 11.2. The van der Waals surface area contributed by atoms with Crippen molar-refractivity contribution in [2.75, 3.05) is 13.2 Å². The summed E-state index contributed by atoms with van der Waals surface area (Å²) in [7, 11) is 0. The van der Waals surface area contributed by atoms with Crippen LogP contribution >= 0.6 is 0 Å². The van der Waals surface area contributed by atoms with Crippen LogP contribution in [0.3, 0.4) is 0 Å². The first-order valence-electron chi connectivity index (χ1n) is 7.10. The highest BCUT2D eigenvalue weighted by Crippen LogP contribution is 2.46. The summed E-state index contributed by atoms with van der Waals surface area (Å²) in [6, 6.07) is 10.2. The third-order valence-electron chi connectivity index (χ3n) is 4.50. The van der Waals surface area contributed by atoms with Gasteiger partial charge in [-0.2, -0.15) is 5.26 Å². The maximum absolute atomic E-state index is 8.90. The monoisotopic (exact) mass is 261 g/mol. The topological polar surface area (TPSA) is 33.0 Å². The Morgan fingerprint density at radius 2 is 2.00 bits per heavy atom. The van der Waals surface area contributed by atoms with Crippen molar-refractivity contribution in [2.45, 2.75) is 12.8 Å². The van der Waals surface area contributed by atoms with Crippen LogP contribution in [0.15, 0.2) is 53.1 Å². The average Bonchev–Trinajstić information content (AvgIpc) is 2.94. The number of nitriles is 1. The highest BCUT2D eigenvalue weighted by Gasteiger charge is 2.32. The fourth-order valence-corrected chi connectivity index (χ4v) is 3.53. The minimum atomic E-state index is 0.575. The molecule has 0 saturated heterocycles. The average molecular weight is 261 g/mol. The summed E-state index contributed by atoms with van der Waals surface area (Å²) < 4.78 is 5.67. The second-order valence-electron chi connectivity index (χ2n) is 5.60. The van der Waals surface area contributed by atoms with E-state index < -0.39 is 0 Å². The molecule has 0 saturated carbocycles. The predicted molar refractivity (Wildman–Crippen MR) is 77.8 cm³/mol. The molecule has 3 aliphatic rings. The normalized spacial score (nSPS) is 23.9. The summed E-state index contributed by atoms with van der Waals surface area (Å²) in [6.45, 7) is 1.62. The van der Waals surface area contributed by atoms with Crippen LogP contribution in [-0.4, -0.2) is 13.2 Å². The van der Waals surface area contributed by atoms with E-state index >= 15 is 0 Å². The lowest BCUT2D eigenvalue weighted by Gasteiger charge is -2.31. The molecule has 1 unspecified atom stereocenters. The number of rotatable bonds is 1. The standard InChI is InChI=1S/C18H15NO/c19-9-12-1-3-13(4-2-12)16-7-5-14-10-20-11-15-6-8-17(16)18(14)15/h1-4,6,8,14H,5,7,10-11H2. The highest BCUT2D eigenvalue weighted by molar-refractivity contribution is 5.80. The molecule has 98 valence electrons. The van der Waals surface area contributed by atoms with Crippen LogP contribution in [0.5, 0.6) is 0 Å². The number of allylic oxidation sites excluding steroid dienone is 3. The van der Waals surface area contributed by atoms with E-state index in [0.29, 0.717) is 5.92 Å². The van der Waals surface area contributed by atoms with Crippen molar-refractivity contribution in [3.63, 3.8) is 0 Å². The van der Waals surface area contributed by atoms with Crippen molar-refractivity contribution < 1.29 is 4.74 Å². The lowest BCUT2D eigenvalue weighted by atomic mass is 9.77. The number of benzene rings is 1. The molecule has 20 heavy (non-hydrogen) atoms. The third kappa shape index (κ3) is 1.67. The van der Waals surface area contributed by atoms with Gasteiger partial charge in [0.15, 0.2) is 0 Å². The molecule has 0 bridgehead atoms. The Hall–Kier alpha value is -2.11. The molecule has 1 heterocycles. The SMILES string of the molecule is N#Cc1ccc(C2=C3C=CC4=C3C(CC2)COC4)cc1. The first-order valence-corrected chi connectivity index (χ1v) is 7.10. The van der Waals surface area contributed by atoms with Crippen molar-refractivity contribution >= 4 is 5.57 Å². The molecule has 1 aromatic rings. The van der Waals surface area contributed by atoms with Crippen LogP contribution in [0.4, 0.5) is 0 Å². The van der Waals surface area contributed by atoms with E-state index in [1.165, 1.54) is 34.3 Å². The summed E-state index contributed by atoms with van der Waals surface area (Å²) >= 11 is 0. The third-order valence-corrected chi connectivity index (χ3v) is 4.50. The Morgan fingerprint density at radius 1 is 1.15 bits per heavy atom. The molecule has 2 heteroatoms. The Morgan fingerprint density at radius 3 is 2.80 bits per heavy atom. The van der Waals surface area contributed by atoms with Crippen molar-refractivity contribution in [1.82, 2.24) is 0 Å². The minimum Gasteiger partial charge on any atom is -0.376 e. The zero-order chi connectivity index (χ0) is 13.5. The summed E-state index contributed by atoms with van der Waals surface area (Å²) in [5, 5.41) is 8.90. The van der Waals surface area contributed by atoms with Crippen LogP contribution in [0.2, 0.25) is 0 Å². The van der Waals surface area contributed by atoms with Gasteiger partial charge >= 0.3 is 0 Å². The molecule has 0 amide bonds. The van der Waals surface area contributed by atoms with Crippen LogP contribution < -0.4 is 0 Å². The highest BCUT2D eigenvalue weighted by atomic mass is 16.5. The van der Waals surface area contributed by atoms with Crippen molar-refractivity contribution in [3.05, 3.63) is 64.3 Å². The number of hydrogen-bond acceptors (Lipinski definition) is 2. The molecule has 0 fully saturated rings. The van der Waals surface area contributed by atoms with Gasteiger partial charge in [-0.25, -0.2) is 0 Å². The second kappa shape index (κ2) is 4.47. The van der Waals surface area contributed by atoms with Gasteiger partial charge < -0.3 is 4.74 Å². The Balaban J connectivity index is 1.82. The molecule has 1 atom stereocenters. The summed E-state index contributed by atoms with van der Waals surface area (Å²) in [5.41, 5.74) is 7.69. The second-order valence-corrected chi connectivity index (χ2v) is 5.60. The molecule has 0 spiro atoms. The van der Waals surface area contributed by atoms with Gasteiger partial charge in [0.05, 0.1) is 24.8 Å². The lowest BCUT2D eigenvalue weighted by molar-refractivity contribution is 0.113. The lowest BCUT2D eigenvalue weighted by Crippen LogP contribution is -2.23. The quantitative estimate of drug-likeness (QED) is 0.773. The van der Waals surface area contributed by atoms with E-state index in [0.717, 1.165) is 25.2 Å². The zero-order valence-corrected chi connectivity index (χ0v) is 11.2. The summed E-state index contributed by atoms with van der Waals surface area (Å²) in [6.07, 6.45) is 6.72. The number of hydrogen-bond donors (Lipinski definition) is 0. The summed E-state index contributed by atoms with van der Waals surface area (Å²) in [5.74, 6) is 0.575. The van der Waals surface area contributed by atoms with Gasteiger partial charge in [-0.3, -0.25) is 0 Å². The van der Waals surface area contributed by atoms with Gasteiger partial charge in [0.25, 0.3) is 0 Å². The van der Waals surface area contributed by atoms with Gasteiger partial charge in [0.2, 0.25) is 0 Å². The van der Waals surface area contributed by atoms with Crippen LogP contribution in [0, 0.1) is 17.2 Å². The first-order chi connectivity index (χ1) is 9.86. The van der Waals surface area contributed by atoms with E-state index in [1.54, 1.807) is 0 Å². The first kappa shape index (κ1) is 11.7. The molecular weight excluding hydrogens is 246 g/mol. The largest absolute Gasteiger partial charge is 0.376 e. The van der Waals surface area contributed by atoms with E-state index in [2.05, 4.69) is 30.4 Å². The smallest absolute Gasteiger partial charge is 0.0991 e. The van der Waals surface area contributed by atoms with Crippen LogP contribution in [-0.2, 0) is 4.74 Å². The summed E-state index contributed by atoms with van der Waals surface area (Å²) in [4.78, 5) is 0. The van der Waals surface area contributed by atoms with Crippen LogP contribution in [0.25, 0.3) is 5.57 Å². The molecule has 0 aromatic heterocycles. The molecule has 1 aromatic carbocycles. The number of nitrogens with zero attached hydrogens (tertiary/aromatic N) is 1. The van der Waals surface area contributed by atoms with E-state index in [4.69, 9.17) is 10.00 Å². The van der Waals surface area contributed by atoms with Gasteiger partial charge in [-0.1, -0.05) is 24.3 Å². The van der Waals surface area contributed by atoms with Crippen LogP contribution in [0.1, 0.15) is 24.0 Å². The van der Waals surface area contributed by atoms with Gasteiger partial charge in [0, 0.05) is 5.92 Å². The Labute approximate surface area is 118 Å². The molecule has 4 rings (SSSR count). The molecule has 1 aliphatic heterocycles. The Bertz CT molecular complexity index is 698. The van der Waals surface area contributed by atoms with Gasteiger partial charge in [-0.05, 0) is 52.8 Å². The predicted octanol–water partition coefficient (Wildman–Crippen LogP) is 3.62. The van der Waals surface area contributed by atoms with Crippen molar-refractivity contribution in [2.24, 2.45) is 5.92 Å². The van der Waals surface area contributed by atoms with E-state index in [1.807, 2.05) is 12.1 Å². The van der Waals surface area contributed by atoms with Crippen molar-refractivity contribution in [1.29, 1.82) is 5.26 Å². The number of ether oxygens (including phenoxy) is 1. The fourth-order valence-electron chi connectivity index (χ4n) is 3.53. The molecule has 2 nitrogen and oxygen atoms in total. The van der Waals surface area contributed by atoms with Gasteiger partial charge in [0.1, 0.15) is 0 Å². The minimum absolute atomic E-state index is 0.575. The maximum Gasteiger partial charge on any atom is 0.0991 e. The fraction of sp³-hybridized carbons (Fsp3) is 0.278. The van der Waals surface area contributed by atoms with Crippen molar-refractivity contribution in [3.8, 4) is 6.07 Å². The molecule has 0 radical (unpaired) electrons.